The number of rotatable bonds is 4. The number of carbonyl (C=O) groups excluding carboxylic acids is 2. The summed E-state index contributed by atoms with van der Waals surface area (Å²) in [5, 5.41) is 2.80. The molecule has 2 aromatic rings. The zero-order chi connectivity index (χ0) is 17.8. The summed E-state index contributed by atoms with van der Waals surface area (Å²) in [6.07, 6.45) is 5.37. The average Bonchev–Trinajstić information content (AvgIpc) is 3.14. The molecule has 126 valence electrons. The highest BCUT2D eigenvalue weighted by molar-refractivity contribution is 6.33. The van der Waals surface area contributed by atoms with Crippen molar-refractivity contribution in [2.45, 2.75) is 26.3 Å². The van der Waals surface area contributed by atoms with Crippen LogP contribution in [-0.4, -0.2) is 47.6 Å². The van der Waals surface area contributed by atoms with Gasteiger partial charge in [0.1, 0.15) is 13.7 Å². The van der Waals surface area contributed by atoms with Gasteiger partial charge in [-0.3, -0.25) is 9.59 Å². The molecule has 0 unspecified atom stereocenters. The van der Waals surface area contributed by atoms with Crippen LogP contribution in [0.4, 0.5) is 0 Å². The summed E-state index contributed by atoms with van der Waals surface area (Å²) in [6, 6.07) is 4.78. The number of nitrogens with one attached hydrogen (secondary N) is 1. The number of nitrogens with zero attached hydrogens (tertiary/aromatic N) is 3. The molecule has 2 amide bonds. The van der Waals surface area contributed by atoms with E-state index in [1.54, 1.807) is 42.4 Å². The Bertz CT molecular complexity index is 786. The summed E-state index contributed by atoms with van der Waals surface area (Å²) in [7, 11) is 5.89. The molecular weight excluding hydrogens is 315 g/mol. The van der Waals surface area contributed by atoms with Crippen molar-refractivity contribution in [2.24, 2.45) is 0 Å². The van der Waals surface area contributed by atoms with Crippen molar-refractivity contribution in [1.29, 1.82) is 0 Å². The molecule has 3 rings (SSSR count). The topological polar surface area (TPSA) is 75.2 Å². The van der Waals surface area contributed by atoms with Crippen molar-refractivity contribution in [3.05, 3.63) is 53.1 Å². The third-order valence-corrected chi connectivity index (χ3v) is 4.15. The lowest BCUT2D eigenvalue weighted by Gasteiger charge is -2.16. The molecule has 7 heteroatoms. The molecule has 0 atom stereocenters. The van der Waals surface area contributed by atoms with Gasteiger partial charge < -0.3 is 10.2 Å². The normalized spacial score (nSPS) is 13.7. The minimum Gasteiger partial charge on any atom is -0.348 e. The van der Waals surface area contributed by atoms with Gasteiger partial charge in [0.15, 0.2) is 0 Å². The summed E-state index contributed by atoms with van der Waals surface area (Å²) >= 11 is 0. The van der Waals surface area contributed by atoms with Crippen molar-refractivity contribution in [2.75, 3.05) is 13.1 Å². The van der Waals surface area contributed by atoms with Gasteiger partial charge in [0, 0.05) is 48.7 Å². The van der Waals surface area contributed by atoms with Gasteiger partial charge in [-0.05, 0) is 25.8 Å². The first kappa shape index (κ1) is 17.1. The molecule has 2 heterocycles. The number of aromatic nitrogens is 2. The van der Waals surface area contributed by atoms with Crippen LogP contribution in [0.15, 0.2) is 30.6 Å². The number of carbonyl (C=O) groups is 2. The number of hydrogen-bond acceptors (Lipinski definition) is 4. The lowest BCUT2D eigenvalue weighted by Crippen LogP contribution is -2.30. The van der Waals surface area contributed by atoms with Crippen LogP contribution in [0.25, 0.3) is 0 Å². The first-order valence-electron chi connectivity index (χ1n) is 8.28. The molecule has 0 bridgehead atoms. The Morgan fingerprint density at radius 2 is 1.76 bits per heavy atom. The quantitative estimate of drug-likeness (QED) is 0.837. The summed E-state index contributed by atoms with van der Waals surface area (Å²) in [4.78, 5) is 34.9. The standard InChI is InChI=1S/C18H19BN4O2/c1-12-20-9-13(10-21-12)11-22-17(24)14-6-15(8-16(19)7-14)18(25)23-4-2-3-5-23/h6-10H,2-5,11H2,1H3,(H,22,24). The van der Waals surface area contributed by atoms with Gasteiger partial charge in [-0.1, -0.05) is 17.6 Å². The summed E-state index contributed by atoms with van der Waals surface area (Å²) in [5.41, 5.74) is 2.02. The minimum atomic E-state index is -0.289. The zero-order valence-corrected chi connectivity index (χ0v) is 14.2. The highest BCUT2D eigenvalue weighted by atomic mass is 16.2. The molecule has 1 saturated heterocycles. The van der Waals surface area contributed by atoms with E-state index in [9.17, 15) is 9.59 Å². The van der Waals surface area contributed by atoms with Crippen molar-refractivity contribution >= 4 is 25.1 Å². The van der Waals surface area contributed by atoms with E-state index < -0.39 is 0 Å². The van der Waals surface area contributed by atoms with Crippen LogP contribution in [-0.2, 0) is 6.54 Å². The molecule has 1 aliphatic heterocycles. The number of aryl methyl sites for hydroxylation is 1. The number of amides is 2. The van der Waals surface area contributed by atoms with Gasteiger partial charge in [-0.25, -0.2) is 9.97 Å². The maximum Gasteiger partial charge on any atom is 0.253 e. The van der Waals surface area contributed by atoms with Crippen LogP contribution in [0.3, 0.4) is 0 Å². The lowest BCUT2D eigenvalue weighted by atomic mass is 9.91. The highest BCUT2D eigenvalue weighted by Gasteiger charge is 2.20. The smallest absolute Gasteiger partial charge is 0.253 e. The minimum absolute atomic E-state index is 0.0780. The molecule has 0 spiro atoms. The number of likely N-dealkylation sites (tertiary alicyclic amines) is 1. The molecule has 1 N–H and O–H groups in total. The van der Waals surface area contributed by atoms with Crippen molar-refractivity contribution in [1.82, 2.24) is 20.2 Å². The monoisotopic (exact) mass is 334 g/mol. The average molecular weight is 334 g/mol. The molecule has 1 fully saturated rings. The van der Waals surface area contributed by atoms with E-state index in [4.69, 9.17) is 7.85 Å². The SMILES string of the molecule is [B]c1cc(C(=O)NCc2cnc(C)nc2)cc(C(=O)N2CCCC2)c1. The molecule has 2 radical (unpaired) electrons. The largest absolute Gasteiger partial charge is 0.348 e. The molecule has 6 nitrogen and oxygen atoms in total. The molecule has 1 aromatic heterocycles. The Labute approximate surface area is 148 Å². The highest BCUT2D eigenvalue weighted by Crippen LogP contribution is 2.13. The van der Waals surface area contributed by atoms with Crippen molar-refractivity contribution in [3.63, 3.8) is 0 Å². The van der Waals surface area contributed by atoms with E-state index in [0.717, 1.165) is 31.5 Å². The van der Waals surface area contributed by atoms with Crippen LogP contribution in [0.2, 0.25) is 0 Å². The molecular formula is C18H19BN4O2. The van der Waals surface area contributed by atoms with E-state index in [0.29, 0.717) is 29.0 Å². The Balaban J connectivity index is 1.71. The summed E-state index contributed by atoms with van der Waals surface area (Å²) < 4.78 is 0. The molecule has 0 saturated carbocycles. The predicted molar refractivity (Wildman–Crippen MR) is 94.9 cm³/mol. The van der Waals surface area contributed by atoms with Crippen molar-refractivity contribution < 1.29 is 9.59 Å². The third-order valence-electron chi connectivity index (χ3n) is 4.15. The number of hydrogen-bond donors (Lipinski definition) is 1. The summed E-state index contributed by atoms with van der Waals surface area (Å²) in [6.45, 7) is 3.61. The van der Waals surface area contributed by atoms with Gasteiger partial charge in [-0.2, -0.15) is 0 Å². The second-order valence-electron chi connectivity index (χ2n) is 6.16. The van der Waals surface area contributed by atoms with E-state index in [1.165, 1.54) is 0 Å². The van der Waals surface area contributed by atoms with E-state index in [1.807, 2.05) is 0 Å². The Kier molecular flexibility index (Phi) is 5.12. The third kappa shape index (κ3) is 4.23. The summed E-state index contributed by atoms with van der Waals surface area (Å²) in [5.74, 6) is 0.310. The van der Waals surface area contributed by atoms with Gasteiger partial charge in [0.05, 0.1) is 0 Å². The Hall–Kier alpha value is -2.70. The van der Waals surface area contributed by atoms with Gasteiger partial charge in [0.2, 0.25) is 0 Å². The zero-order valence-electron chi connectivity index (χ0n) is 14.2. The molecule has 25 heavy (non-hydrogen) atoms. The van der Waals surface area contributed by atoms with Crippen LogP contribution < -0.4 is 10.8 Å². The van der Waals surface area contributed by atoms with Gasteiger partial charge in [0.25, 0.3) is 11.8 Å². The van der Waals surface area contributed by atoms with Gasteiger partial charge in [-0.15, -0.1) is 0 Å². The first-order valence-corrected chi connectivity index (χ1v) is 8.28. The predicted octanol–water partition coefficient (Wildman–Crippen LogP) is 0.745. The fourth-order valence-corrected chi connectivity index (χ4v) is 2.80. The maximum atomic E-state index is 12.5. The van der Waals surface area contributed by atoms with E-state index in [2.05, 4.69) is 15.3 Å². The van der Waals surface area contributed by atoms with E-state index in [-0.39, 0.29) is 11.8 Å². The van der Waals surface area contributed by atoms with Crippen molar-refractivity contribution in [3.8, 4) is 0 Å². The van der Waals surface area contributed by atoms with Crippen LogP contribution in [0.5, 0.6) is 0 Å². The molecule has 0 aliphatic carbocycles. The van der Waals surface area contributed by atoms with E-state index >= 15 is 0 Å². The fourth-order valence-electron chi connectivity index (χ4n) is 2.80. The Morgan fingerprint density at radius 3 is 2.44 bits per heavy atom. The van der Waals surface area contributed by atoms with Crippen LogP contribution >= 0.6 is 0 Å². The Morgan fingerprint density at radius 1 is 1.12 bits per heavy atom. The molecule has 1 aliphatic rings. The number of benzene rings is 1. The molecule has 1 aromatic carbocycles. The lowest BCUT2D eigenvalue weighted by molar-refractivity contribution is 0.0793. The first-order chi connectivity index (χ1) is 12.0. The van der Waals surface area contributed by atoms with Gasteiger partial charge >= 0.3 is 0 Å². The second kappa shape index (κ2) is 7.46. The van der Waals surface area contributed by atoms with Crippen LogP contribution in [0, 0.1) is 6.92 Å². The fraction of sp³-hybridized carbons (Fsp3) is 0.333. The van der Waals surface area contributed by atoms with Crippen LogP contribution in [0.1, 0.15) is 44.9 Å². The maximum absolute atomic E-state index is 12.5. The second-order valence-corrected chi connectivity index (χ2v) is 6.16.